The summed E-state index contributed by atoms with van der Waals surface area (Å²) in [6.45, 7) is 0. The predicted molar refractivity (Wildman–Crippen MR) is 138 cm³/mol. The minimum Gasteiger partial charge on any atom is -0.508 e. The third kappa shape index (κ3) is 4.05. The van der Waals surface area contributed by atoms with Crippen molar-refractivity contribution in [1.29, 1.82) is 0 Å². The van der Waals surface area contributed by atoms with Crippen LogP contribution < -0.4 is 5.56 Å². The number of H-pyrrole nitrogens is 1. The molecule has 0 aliphatic heterocycles. The van der Waals surface area contributed by atoms with E-state index in [1.165, 1.54) is 27.4 Å². The van der Waals surface area contributed by atoms with E-state index in [1.54, 1.807) is 18.2 Å². The van der Waals surface area contributed by atoms with Gasteiger partial charge in [0.2, 0.25) is 10.3 Å². The van der Waals surface area contributed by atoms with Crippen LogP contribution in [0, 0.1) is 0 Å². The van der Waals surface area contributed by atoms with E-state index in [0.29, 0.717) is 21.5 Å². The second-order valence-electron chi connectivity index (χ2n) is 7.57. The quantitative estimate of drug-likeness (QED) is 0.259. The molecule has 0 radical (unpaired) electrons. The van der Waals surface area contributed by atoms with Gasteiger partial charge in [-0.1, -0.05) is 72.0 Å². The maximum atomic E-state index is 13.4. The molecule has 3 aromatic heterocycles. The average molecular weight is 497 g/mol. The number of rotatable bonds is 5. The van der Waals surface area contributed by atoms with Crippen LogP contribution in [0.3, 0.4) is 0 Å². The molecule has 0 aliphatic rings. The summed E-state index contributed by atoms with van der Waals surface area (Å²) in [5, 5.41) is 24.2. The lowest BCUT2D eigenvalue weighted by atomic mass is 10.1. The van der Waals surface area contributed by atoms with Gasteiger partial charge in [-0.25, -0.2) is 9.97 Å². The average Bonchev–Trinajstić information content (AvgIpc) is 3.61. The summed E-state index contributed by atoms with van der Waals surface area (Å²) >= 11 is 2.64. The monoisotopic (exact) mass is 496 g/mol. The highest BCUT2D eigenvalue weighted by Gasteiger charge is 2.19. The van der Waals surface area contributed by atoms with Crippen molar-refractivity contribution >= 4 is 43.7 Å². The summed E-state index contributed by atoms with van der Waals surface area (Å²) in [6, 6.07) is 24.2. The first-order chi connectivity index (χ1) is 17.2. The fourth-order valence-corrected chi connectivity index (χ4v) is 5.22. The number of nitrogens with zero attached hydrogens (tertiary/aromatic N) is 5. The van der Waals surface area contributed by atoms with Gasteiger partial charge in [-0.2, -0.15) is 4.68 Å². The second kappa shape index (κ2) is 8.75. The first-order valence-electron chi connectivity index (χ1n) is 10.6. The molecule has 2 N–H and O–H groups in total. The van der Waals surface area contributed by atoms with Gasteiger partial charge in [-0.15, -0.1) is 21.6 Å². The Balaban J connectivity index is 1.44. The Hall–Kier alpha value is -4.41. The SMILES string of the molecule is O=c1c(N=Nc2nc3ccc(O)cc3s2)c(-c2ccccc2)[nH]n1-c1nc(-c2ccccc2)cs1. The topological polar surface area (TPSA) is 109 Å². The van der Waals surface area contributed by atoms with Crippen LogP contribution in [0.4, 0.5) is 10.8 Å². The van der Waals surface area contributed by atoms with Crippen molar-refractivity contribution in [2.45, 2.75) is 0 Å². The van der Waals surface area contributed by atoms with E-state index in [1.807, 2.05) is 66.0 Å². The van der Waals surface area contributed by atoms with Crippen LogP contribution >= 0.6 is 22.7 Å². The molecule has 0 saturated carbocycles. The first-order valence-corrected chi connectivity index (χ1v) is 12.3. The number of hydrogen-bond acceptors (Lipinski definition) is 8. The number of nitrogens with one attached hydrogen (secondary N) is 1. The molecule has 0 spiro atoms. The third-order valence-electron chi connectivity index (χ3n) is 5.28. The highest BCUT2D eigenvalue weighted by atomic mass is 32.1. The lowest BCUT2D eigenvalue weighted by Crippen LogP contribution is -2.13. The number of fused-ring (bicyclic) bond motifs is 1. The molecule has 170 valence electrons. The molecular formula is C25H16N6O2S2. The second-order valence-corrected chi connectivity index (χ2v) is 9.42. The van der Waals surface area contributed by atoms with E-state index < -0.39 is 0 Å². The molecule has 0 bridgehead atoms. The molecule has 10 heteroatoms. The Morgan fingerprint density at radius 1 is 0.886 bits per heavy atom. The zero-order chi connectivity index (χ0) is 23.8. The van der Waals surface area contributed by atoms with Crippen LogP contribution in [0.25, 0.3) is 37.9 Å². The smallest absolute Gasteiger partial charge is 0.301 e. The molecule has 0 unspecified atom stereocenters. The summed E-state index contributed by atoms with van der Waals surface area (Å²) in [5.41, 5.74) is 3.60. The Kier molecular flexibility index (Phi) is 5.28. The summed E-state index contributed by atoms with van der Waals surface area (Å²) in [7, 11) is 0. The molecule has 6 aromatic rings. The number of phenols is 1. The third-order valence-corrected chi connectivity index (χ3v) is 7.01. The van der Waals surface area contributed by atoms with Gasteiger partial charge in [-0.3, -0.25) is 9.89 Å². The number of hydrogen-bond donors (Lipinski definition) is 2. The maximum Gasteiger partial charge on any atom is 0.301 e. The molecule has 3 aromatic carbocycles. The van der Waals surface area contributed by atoms with Crippen LogP contribution in [-0.2, 0) is 0 Å². The first kappa shape index (κ1) is 21.1. The molecule has 0 atom stereocenters. The van der Waals surface area contributed by atoms with E-state index in [-0.39, 0.29) is 17.0 Å². The number of aromatic nitrogens is 4. The van der Waals surface area contributed by atoms with Crippen LogP contribution in [-0.4, -0.2) is 24.9 Å². The summed E-state index contributed by atoms with van der Waals surface area (Å²) in [5.74, 6) is 0.155. The number of thiazole rings is 2. The standard InChI is InChI=1S/C25H16N6O2S2/c32-17-11-12-18-20(13-17)35-24(26-18)29-28-22-21(16-9-5-2-6-10-16)30-31(23(22)33)25-27-19(14-34-25)15-7-3-1-4-8-15/h1-14,30,32H. The molecule has 6 rings (SSSR count). The van der Waals surface area contributed by atoms with Gasteiger partial charge in [-0.05, 0) is 18.2 Å². The number of phenolic OH excluding ortho intramolecular Hbond substituents is 1. The van der Waals surface area contributed by atoms with Crippen molar-refractivity contribution < 1.29 is 5.11 Å². The summed E-state index contributed by atoms with van der Waals surface area (Å²) < 4.78 is 2.18. The number of aromatic hydroxyl groups is 1. The summed E-state index contributed by atoms with van der Waals surface area (Å²) in [4.78, 5) is 22.5. The Morgan fingerprint density at radius 2 is 1.63 bits per heavy atom. The minimum atomic E-state index is -0.361. The molecule has 0 fully saturated rings. The Morgan fingerprint density at radius 3 is 2.40 bits per heavy atom. The number of azo groups is 1. The van der Waals surface area contributed by atoms with Gasteiger partial charge >= 0.3 is 5.56 Å². The van der Waals surface area contributed by atoms with Gasteiger partial charge < -0.3 is 5.11 Å². The van der Waals surface area contributed by atoms with Gasteiger partial charge in [0.25, 0.3) is 0 Å². The fourth-order valence-electron chi connectivity index (χ4n) is 3.61. The Bertz CT molecular complexity index is 1730. The van der Waals surface area contributed by atoms with E-state index in [0.717, 1.165) is 21.5 Å². The lowest BCUT2D eigenvalue weighted by molar-refractivity contribution is 0.476. The van der Waals surface area contributed by atoms with Crippen molar-refractivity contribution in [2.24, 2.45) is 10.2 Å². The number of benzene rings is 3. The fraction of sp³-hybridized carbons (Fsp3) is 0. The van der Waals surface area contributed by atoms with Gasteiger partial charge in [0, 0.05) is 16.5 Å². The number of aromatic amines is 1. The largest absolute Gasteiger partial charge is 0.508 e. The molecule has 0 saturated heterocycles. The summed E-state index contributed by atoms with van der Waals surface area (Å²) in [6.07, 6.45) is 0. The van der Waals surface area contributed by atoms with E-state index >= 15 is 0 Å². The molecule has 3 heterocycles. The lowest BCUT2D eigenvalue weighted by Gasteiger charge is -1.98. The highest BCUT2D eigenvalue weighted by molar-refractivity contribution is 7.21. The zero-order valence-electron chi connectivity index (χ0n) is 18.0. The van der Waals surface area contributed by atoms with E-state index in [4.69, 9.17) is 0 Å². The molecule has 0 amide bonds. The van der Waals surface area contributed by atoms with Gasteiger partial charge in [0.1, 0.15) is 5.75 Å². The normalized spacial score (nSPS) is 11.5. The van der Waals surface area contributed by atoms with Gasteiger partial charge in [0.15, 0.2) is 5.69 Å². The van der Waals surface area contributed by atoms with E-state index in [2.05, 4.69) is 25.3 Å². The van der Waals surface area contributed by atoms with Crippen molar-refractivity contribution in [3.05, 3.63) is 94.6 Å². The maximum absolute atomic E-state index is 13.4. The van der Waals surface area contributed by atoms with Gasteiger partial charge in [0.05, 0.1) is 21.6 Å². The highest BCUT2D eigenvalue weighted by Crippen LogP contribution is 2.33. The minimum absolute atomic E-state index is 0.155. The van der Waals surface area contributed by atoms with E-state index in [9.17, 15) is 9.90 Å². The van der Waals surface area contributed by atoms with Crippen LogP contribution in [0.2, 0.25) is 0 Å². The molecular weight excluding hydrogens is 480 g/mol. The van der Waals surface area contributed by atoms with Crippen LogP contribution in [0.5, 0.6) is 5.75 Å². The van der Waals surface area contributed by atoms with Crippen LogP contribution in [0.15, 0.2) is 99.3 Å². The Labute approximate surface area is 206 Å². The zero-order valence-corrected chi connectivity index (χ0v) is 19.6. The predicted octanol–water partition coefficient (Wildman–Crippen LogP) is 6.69. The molecule has 35 heavy (non-hydrogen) atoms. The van der Waals surface area contributed by atoms with Crippen molar-refractivity contribution in [3.63, 3.8) is 0 Å². The van der Waals surface area contributed by atoms with Crippen molar-refractivity contribution in [1.82, 2.24) is 19.7 Å². The van der Waals surface area contributed by atoms with Crippen molar-refractivity contribution in [2.75, 3.05) is 0 Å². The molecule has 8 nitrogen and oxygen atoms in total. The molecule has 0 aliphatic carbocycles. The van der Waals surface area contributed by atoms with Crippen molar-refractivity contribution in [3.8, 4) is 33.4 Å². The van der Waals surface area contributed by atoms with Crippen LogP contribution in [0.1, 0.15) is 0 Å².